The van der Waals surface area contributed by atoms with E-state index in [4.69, 9.17) is 4.74 Å². The Morgan fingerprint density at radius 2 is 1.72 bits per heavy atom. The highest BCUT2D eigenvalue weighted by Gasteiger charge is 2.43. The summed E-state index contributed by atoms with van der Waals surface area (Å²) in [6.07, 6.45) is -5.29. The first kappa shape index (κ1) is 17.9. The molecule has 3 nitrogen and oxygen atoms in total. The quantitative estimate of drug-likeness (QED) is 0.889. The van der Waals surface area contributed by atoms with Gasteiger partial charge in [-0.1, -0.05) is 48.5 Å². The second-order valence-electron chi connectivity index (χ2n) is 6.19. The third-order valence-corrected chi connectivity index (χ3v) is 4.52. The van der Waals surface area contributed by atoms with E-state index >= 15 is 0 Å². The van der Waals surface area contributed by atoms with Crippen molar-refractivity contribution in [2.75, 3.05) is 19.7 Å². The minimum absolute atomic E-state index is 0.0514. The molecule has 2 aromatic rings. The van der Waals surface area contributed by atoms with Crippen LogP contribution < -0.4 is 5.32 Å². The first-order valence-corrected chi connectivity index (χ1v) is 8.16. The monoisotopic (exact) mass is 351 g/mol. The van der Waals surface area contributed by atoms with Crippen molar-refractivity contribution in [3.8, 4) is 0 Å². The lowest BCUT2D eigenvalue weighted by molar-refractivity contribution is -0.141. The van der Waals surface area contributed by atoms with Gasteiger partial charge in [0.15, 0.2) is 0 Å². The Kier molecular flexibility index (Phi) is 5.13. The van der Waals surface area contributed by atoms with Crippen molar-refractivity contribution in [1.29, 1.82) is 0 Å². The maximum absolute atomic E-state index is 13.3. The van der Waals surface area contributed by atoms with Gasteiger partial charge >= 0.3 is 6.18 Å². The van der Waals surface area contributed by atoms with Crippen molar-refractivity contribution in [3.05, 3.63) is 71.3 Å². The average molecular weight is 351 g/mol. The number of nitrogens with one attached hydrogen (secondary N) is 1. The van der Waals surface area contributed by atoms with Crippen molar-refractivity contribution < 1.29 is 23.0 Å². The molecule has 6 heteroatoms. The largest absolute Gasteiger partial charge is 0.416 e. The Hall–Kier alpha value is -1.89. The van der Waals surface area contributed by atoms with Crippen LogP contribution >= 0.6 is 0 Å². The summed E-state index contributed by atoms with van der Waals surface area (Å²) in [6, 6.07) is 14.1. The summed E-state index contributed by atoms with van der Waals surface area (Å²) in [7, 11) is 0. The van der Waals surface area contributed by atoms with Gasteiger partial charge in [-0.25, -0.2) is 0 Å². The predicted molar refractivity (Wildman–Crippen MR) is 88.1 cm³/mol. The van der Waals surface area contributed by atoms with Gasteiger partial charge in [-0.05, 0) is 17.2 Å². The summed E-state index contributed by atoms with van der Waals surface area (Å²) in [5, 5.41) is 14.6. The maximum Gasteiger partial charge on any atom is 0.416 e. The van der Waals surface area contributed by atoms with Crippen molar-refractivity contribution in [2.24, 2.45) is 0 Å². The molecular formula is C19H20F3NO2. The molecule has 0 spiro atoms. The molecule has 0 aromatic heterocycles. The maximum atomic E-state index is 13.3. The molecule has 0 radical (unpaired) electrons. The molecule has 1 heterocycles. The van der Waals surface area contributed by atoms with Crippen LogP contribution in [0, 0.1) is 0 Å². The Morgan fingerprint density at radius 1 is 1.04 bits per heavy atom. The molecule has 25 heavy (non-hydrogen) atoms. The molecule has 2 aromatic carbocycles. The molecule has 1 aliphatic rings. The van der Waals surface area contributed by atoms with E-state index in [1.165, 1.54) is 12.1 Å². The third-order valence-electron chi connectivity index (χ3n) is 4.52. The fraction of sp³-hybridized carbons (Fsp3) is 0.368. The van der Waals surface area contributed by atoms with Crippen LogP contribution in [-0.2, 0) is 22.9 Å². The minimum Gasteiger partial charge on any atom is -0.382 e. The van der Waals surface area contributed by atoms with Crippen LogP contribution in [0.1, 0.15) is 16.7 Å². The van der Waals surface area contributed by atoms with Crippen molar-refractivity contribution in [2.45, 2.75) is 24.3 Å². The molecule has 3 rings (SSSR count). The normalized spacial score (nSPS) is 20.9. The molecular weight excluding hydrogens is 331 g/mol. The number of alkyl halides is 3. The van der Waals surface area contributed by atoms with Gasteiger partial charge in [-0.15, -0.1) is 0 Å². The summed E-state index contributed by atoms with van der Waals surface area (Å²) in [4.78, 5) is 0. The smallest absolute Gasteiger partial charge is 0.382 e. The molecule has 1 saturated heterocycles. The second kappa shape index (κ2) is 7.15. The fourth-order valence-corrected chi connectivity index (χ4v) is 3.24. The zero-order valence-electron chi connectivity index (χ0n) is 13.6. The van der Waals surface area contributed by atoms with Crippen LogP contribution in [0.5, 0.6) is 0 Å². The molecule has 0 bridgehead atoms. The number of halogens is 3. The number of ether oxygens (including phenoxy) is 1. The highest BCUT2D eigenvalue weighted by molar-refractivity contribution is 5.34. The van der Waals surface area contributed by atoms with E-state index in [0.29, 0.717) is 25.3 Å². The Balaban J connectivity index is 2.02. The van der Waals surface area contributed by atoms with Crippen LogP contribution in [-0.4, -0.2) is 30.9 Å². The lowest BCUT2D eigenvalue weighted by Crippen LogP contribution is -2.52. The standard InChI is InChI=1S/C19H20F3NO2/c20-19(21,22)16-9-5-4-6-14(16)12-18(24,15-7-2-1-3-8-15)17-13-23-10-11-25-17/h1-9,17,23-24H,10-13H2/t17?,18-/m1/s1. The number of morpholine rings is 1. The number of benzene rings is 2. The highest BCUT2D eigenvalue weighted by Crippen LogP contribution is 2.37. The topological polar surface area (TPSA) is 41.5 Å². The van der Waals surface area contributed by atoms with Crippen LogP contribution in [0.4, 0.5) is 13.2 Å². The van der Waals surface area contributed by atoms with Crippen LogP contribution in [0.2, 0.25) is 0 Å². The molecule has 2 atom stereocenters. The lowest BCUT2D eigenvalue weighted by Gasteiger charge is -2.39. The summed E-state index contributed by atoms with van der Waals surface area (Å²) in [6.45, 7) is 1.43. The van der Waals surface area contributed by atoms with Gasteiger partial charge in [0.25, 0.3) is 0 Å². The SMILES string of the molecule is O[C@](Cc1ccccc1C(F)(F)F)(c1ccccc1)C1CNCCO1. The summed E-state index contributed by atoms with van der Waals surface area (Å²) in [5.74, 6) is 0. The van der Waals surface area contributed by atoms with E-state index < -0.39 is 23.4 Å². The molecule has 2 N–H and O–H groups in total. The summed E-state index contributed by atoms with van der Waals surface area (Å²) in [5.41, 5.74) is -1.69. The first-order valence-electron chi connectivity index (χ1n) is 8.16. The van der Waals surface area contributed by atoms with Gasteiger partial charge in [0, 0.05) is 19.5 Å². The van der Waals surface area contributed by atoms with Gasteiger partial charge in [-0.3, -0.25) is 0 Å². The van der Waals surface area contributed by atoms with Crippen molar-refractivity contribution in [1.82, 2.24) is 5.32 Å². The highest BCUT2D eigenvalue weighted by atomic mass is 19.4. The van der Waals surface area contributed by atoms with Crippen molar-refractivity contribution >= 4 is 0 Å². The molecule has 1 aliphatic heterocycles. The number of rotatable bonds is 4. The van der Waals surface area contributed by atoms with Gasteiger partial charge in [0.2, 0.25) is 0 Å². The first-order chi connectivity index (χ1) is 11.9. The molecule has 0 amide bonds. The molecule has 1 fully saturated rings. The minimum atomic E-state index is -4.47. The zero-order valence-corrected chi connectivity index (χ0v) is 13.6. The summed E-state index contributed by atoms with van der Waals surface area (Å²) >= 11 is 0. The predicted octanol–water partition coefficient (Wildman–Crippen LogP) is 3.12. The Morgan fingerprint density at radius 3 is 2.36 bits per heavy atom. The molecule has 1 unspecified atom stereocenters. The van der Waals surface area contributed by atoms with Crippen LogP contribution in [0.15, 0.2) is 54.6 Å². The van der Waals surface area contributed by atoms with E-state index in [1.807, 2.05) is 0 Å². The van der Waals surface area contributed by atoms with Gasteiger partial charge in [0.1, 0.15) is 11.7 Å². The molecule has 0 aliphatic carbocycles. The number of hydrogen-bond donors (Lipinski definition) is 2. The van der Waals surface area contributed by atoms with Gasteiger partial charge < -0.3 is 15.2 Å². The van der Waals surface area contributed by atoms with Crippen LogP contribution in [0.25, 0.3) is 0 Å². The molecule has 0 saturated carbocycles. The zero-order chi connectivity index (χ0) is 17.9. The van der Waals surface area contributed by atoms with Crippen molar-refractivity contribution in [3.63, 3.8) is 0 Å². The third kappa shape index (κ3) is 3.86. The van der Waals surface area contributed by atoms with Gasteiger partial charge in [0.05, 0.1) is 12.2 Å². The number of aliphatic hydroxyl groups is 1. The van der Waals surface area contributed by atoms with Gasteiger partial charge in [-0.2, -0.15) is 13.2 Å². The Labute approximate surface area is 144 Å². The fourth-order valence-electron chi connectivity index (χ4n) is 3.24. The van der Waals surface area contributed by atoms with Crippen LogP contribution in [0.3, 0.4) is 0 Å². The van der Waals surface area contributed by atoms with E-state index in [2.05, 4.69) is 5.32 Å². The van der Waals surface area contributed by atoms with E-state index in [-0.39, 0.29) is 12.0 Å². The van der Waals surface area contributed by atoms with E-state index in [1.54, 1.807) is 36.4 Å². The van der Waals surface area contributed by atoms with E-state index in [0.717, 1.165) is 6.07 Å². The molecule has 134 valence electrons. The second-order valence-corrected chi connectivity index (χ2v) is 6.19. The average Bonchev–Trinajstić information content (AvgIpc) is 2.63. The lowest BCUT2D eigenvalue weighted by atomic mass is 9.81. The summed E-state index contributed by atoms with van der Waals surface area (Å²) < 4.78 is 45.7. The number of hydrogen-bond acceptors (Lipinski definition) is 3. The van der Waals surface area contributed by atoms with E-state index in [9.17, 15) is 18.3 Å². The Bertz CT molecular complexity index is 699.